The van der Waals surface area contributed by atoms with Gasteiger partial charge < -0.3 is 4.79 Å². The molecule has 0 amide bonds. The summed E-state index contributed by atoms with van der Waals surface area (Å²) in [5.74, 6) is 1.19. The minimum atomic E-state index is -0.0285. The van der Waals surface area contributed by atoms with E-state index in [-0.39, 0.29) is 5.41 Å². The van der Waals surface area contributed by atoms with Gasteiger partial charge in [0.2, 0.25) is 0 Å². The zero-order valence-corrected chi connectivity index (χ0v) is 10.7. The van der Waals surface area contributed by atoms with Gasteiger partial charge in [-0.25, -0.2) is 0 Å². The Labute approximate surface area is 99.3 Å². The molecule has 0 aromatic heterocycles. The summed E-state index contributed by atoms with van der Waals surface area (Å²) in [4.78, 5) is 11.7. The minimum Gasteiger partial charge on any atom is -0.303 e. The van der Waals surface area contributed by atoms with E-state index in [1.807, 2.05) is 0 Å². The quantitative estimate of drug-likeness (QED) is 0.505. The normalized spacial score (nSPS) is 36.9. The van der Waals surface area contributed by atoms with E-state index in [2.05, 4.69) is 19.9 Å². The van der Waals surface area contributed by atoms with Gasteiger partial charge in [-0.3, -0.25) is 0 Å². The van der Waals surface area contributed by atoms with Crippen molar-refractivity contribution in [1.29, 1.82) is 0 Å². The van der Waals surface area contributed by atoms with Crippen LogP contribution < -0.4 is 0 Å². The summed E-state index contributed by atoms with van der Waals surface area (Å²) in [6.07, 6.45) is 12.3. The molecule has 1 fully saturated rings. The van der Waals surface area contributed by atoms with Crippen LogP contribution in [0, 0.1) is 17.3 Å². The summed E-state index contributed by atoms with van der Waals surface area (Å²) in [5, 5.41) is 0. The molecule has 0 N–H and O–H groups in total. The topological polar surface area (TPSA) is 17.1 Å². The molecule has 2 atom stereocenters. The largest absolute Gasteiger partial charge is 0.303 e. The van der Waals surface area contributed by atoms with Gasteiger partial charge in [0.1, 0.15) is 6.29 Å². The van der Waals surface area contributed by atoms with Crippen LogP contribution in [0.3, 0.4) is 0 Å². The van der Waals surface area contributed by atoms with E-state index in [0.29, 0.717) is 11.8 Å². The van der Waals surface area contributed by atoms with E-state index >= 15 is 0 Å². The highest BCUT2D eigenvalue weighted by atomic mass is 16.1. The average Bonchev–Trinajstić information content (AvgIpc) is 2.33. The fourth-order valence-electron chi connectivity index (χ4n) is 3.77. The molecule has 0 spiro atoms. The van der Waals surface area contributed by atoms with Crippen molar-refractivity contribution in [2.24, 2.45) is 17.3 Å². The lowest BCUT2D eigenvalue weighted by atomic mass is 9.58. The molecule has 90 valence electrons. The third kappa shape index (κ3) is 1.97. The van der Waals surface area contributed by atoms with Crippen LogP contribution in [0.15, 0.2) is 11.6 Å². The van der Waals surface area contributed by atoms with Gasteiger partial charge in [0.25, 0.3) is 0 Å². The minimum absolute atomic E-state index is 0.0285. The summed E-state index contributed by atoms with van der Waals surface area (Å²) in [6, 6.07) is 0. The standard InChI is InChI=1S/C15H24O/c1-12-8-9-13(2)15(10-12,11-16)14-6-4-3-5-7-14/h8,11,13-14H,3-7,9-10H2,1-2H3. The van der Waals surface area contributed by atoms with Crippen molar-refractivity contribution >= 4 is 6.29 Å². The third-order valence-electron chi connectivity index (χ3n) is 4.91. The SMILES string of the molecule is CC1=CCC(C)C(C=O)(C2CCCCC2)C1. The highest BCUT2D eigenvalue weighted by Crippen LogP contribution is 2.49. The van der Waals surface area contributed by atoms with Gasteiger partial charge in [-0.2, -0.15) is 0 Å². The molecular formula is C15H24O. The Hall–Kier alpha value is -0.590. The van der Waals surface area contributed by atoms with Gasteiger partial charge >= 0.3 is 0 Å². The number of hydrogen-bond donors (Lipinski definition) is 0. The fourth-order valence-corrected chi connectivity index (χ4v) is 3.77. The van der Waals surface area contributed by atoms with Crippen molar-refractivity contribution in [3.63, 3.8) is 0 Å². The van der Waals surface area contributed by atoms with E-state index in [9.17, 15) is 4.79 Å². The number of rotatable bonds is 2. The highest BCUT2D eigenvalue weighted by Gasteiger charge is 2.44. The molecule has 0 saturated heterocycles. The first-order valence-corrected chi connectivity index (χ1v) is 6.81. The Morgan fingerprint density at radius 1 is 1.31 bits per heavy atom. The lowest BCUT2D eigenvalue weighted by molar-refractivity contribution is -0.124. The zero-order chi connectivity index (χ0) is 11.6. The van der Waals surface area contributed by atoms with Gasteiger partial charge in [-0.1, -0.05) is 37.8 Å². The van der Waals surface area contributed by atoms with Crippen LogP contribution in [-0.2, 0) is 4.79 Å². The Kier molecular flexibility index (Phi) is 3.51. The van der Waals surface area contributed by atoms with Crippen LogP contribution >= 0.6 is 0 Å². The lowest BCUT2D eigenvalue weighted by Crippen LogP contribution is -2.41. The molecule has 2 unspecified atom stereocenters. The first-order chi connectivity index (χ1) is 7.69. The van der Waals surface area contributed by atoms with Crippen molar-refractivity contribution in [1.82, 2.24) is 0 Å². The van der Waals surface area contributed by atoms with E-state index in [4.69, 9.17) is 0 Å². The molecule has 2 aliphatic rings. The fraction of sp³-hybridized carbons (Fsp3) is 0.800. The maximum atomic E-state index is 11.7. The maximum Gasteiger partial charge on any atom is 0.127 e. The molecule has 0 aromatic rings. The molecule has 2 aliphatic carbocycles. The predicted molar refractivity (Wildman–Crippen MR) is 67.2 cm³/mol. The van der Waals surface area contributed by atoms with Crippen LogP contribution in [0.2, 0.25) is 0 Å². The van der Waals surface area contributed by atoms with Crippen LogP contribution in [0.25, 0.3) is 0 Å². The molecule has 16 heavy (non-hydrogen) atoms. The zero-order valence-electron chi connectivity index (χ0n) is 10.7. The summed E-state index contributed by atoms with van der Waals surface area (Å²) in [5.41, 5.74) is 1.40. The van der Waals surface area contributed by atoms with Gasteiger partial charge in [-0.05, 0) is 44.4 Å². The van der Waals surface area contributed by atoms with Gasteiger partial charge in [0.05, 0.1) is 0 Å². The van der Waals surface area contributed by atoms with E-state index in [1.54, 1.807) is 0 Å². The molecule has 2 rings (SSSR count). The molecule has 1 nitrogen and oxygen atoms in total. The monoisotopic (exact) mass is 220 g/mol. The summed E-state index contributed by atoms with van der Waals surface area (Å²) in [7, 11) is 0. The van der Waals surface area contributed by atoms with Crippen LogP contribution in [-0.4, -0.2) is 6.29 Å². The molecule has 0 heterocycles. The number of aldehydes is 1. The van der Waals surface area contributed by atoms with Crippen LogP contribution in [0.1, 0.15) is 58.8 Å². The van der Waals surface area contributed by atoms with Crippen LogP contribution in [0.4, 0.5) is 0 Å². The lowest BCUT2D eigenvalue weighted by Gasteiger charge is -2.45. The molecule has 1 saturated carbocycles. The molecular weight excluding hydrogens is 196 g/mol. The van der Waals surface area contributed by atoms with Gasteiger partial charge in [0, 0.05) is 5.41 Å². The first-order valence-electron chi connectivity index (χ1n) is 6.81. The van der Waals surface area contributed by atoms with Gasteiger partial charge in [0.15, 0.2) is 0 Å². The molecule has 0 aliphatic heterocycles. The maximum absolute atomic E-state index is 11.7. The Bertz CT molecular complexity index is 286. The molecule has 0 bridgehead atoms. The second kappa shape index (κ2) is 4.73. The number of hydrogen-bond acceptors (Lipinski definition) is 1. The first kappa shape index (κ1) is 11.9. The van der Waals surface area contributed by atoms with Crippen molar-refractivity contribution in [3.05, 3.63) is 11.6 Å². The summed E-state index contributed by atoms with van der Waals surface area (Å²) >= 11 is 0. The van der Waals surface area contributed by atoms with E-state index in [1.165, 1.54) is 44.0 Å². The Balaban J connectivity index is 2.22. The summed E-state index contributed by atoms with van der Waals surface area (Å²) in [6.45, 7) is 4.46. The Morgan fingerprint density at radius 2 is 2.00 bits per heavy atom. The van der Waals surface area contributed by atoms with Crippen molar-refractivity contribution < 1.29 is 4.79 Å². The number of carbonyl (C=O) groups is 1. The Morgan fingerprint density at radius 3 is 2.62 bits per heavy atom. The third-order valence-corrected chi connectivity index (χ3v) is 4.91. The van der Waals surface area contributed by atoms with Gasteiger partial charge in [-0.15, -0.1) is 0 Å². The molecule has 0 aromatic carbocycles. The van der Waals surface area contributed by atoms with Crippen molar-refractivity contribution in [3.8, 4) is 0 Å². The number of carbonyl (C=O) groups excluding carboxylic acids is 1. The van der Waals surface area contributed by atoms with Crippen molar-refractivity contribution in [2.75, 3.05) is 0 Å². The average molecular weight is 220 g/mol. The highest BCUT2D eigenvalue weighted by molar-refractivity contribution is 5.62. The number of allylic oxidation sites excluding steroid dienone is 2. The van der Waals surface area contributed by atoms with E-state index in [0.717, 1.165) is 12.8 Å². The second-order valence-corrected chi connectivity index (χ2v) is 5.93. The van der Waals surface area contributed by atoms with E-state index < -0.39 is 0 Å². The molecule has 0 radical (unpaired) electrons. The second-order valence-electron chi connectivity index (χ2n) is 5.93. The smallest absolute Gasteiger partial charge is 0.127 e. The summed E-state index contributed by atoms with van der Waals surface area (Å²) < 4.78 is 0. The molecule has 1 heteroatoms. The van der Waals surface area contributed by atoms with Crippen molar-refractivity contribution in [2.45, 2.75) is 58.8 Å². The van der Waals surface area contributed by atoms with Crippen LogP contribution in [0.5, 0.6) is 0 Å². The predicted octanol–water partition coefficient (Wildman–Crippen LogP) is 4.13.